The van der Waals surface area contributed by atoms with E-state index >= 15 is 0 Å². The van der Waals surface area contributed by atoms with Crippen molar-refractivity contribution in [2.75, 3.05) is 0 Å². The number of fused-ring (bicyclic) bond motifs is 2. The molecule has 0 saturated carbocycles. The third-order valence-corrected chi connectivity index (χ3v) is 13.2. The molecule has 0 heteroatoms. The molecule has 57 heavy (non-hydrogen) atoms. The molecule has 0 aromatic heterocycles. The summed E-state index contributed by atoms with van der Waals surface area (Å²) in [6.45, 7) is 0. The van der Waals surface area contributed by atoms with Crippen molar-refractivity contribution >= 4 is 75.4 Å². The lowest BCUT2D eigenvalue weighted by Crippen LogP contribution is -2.28. The fourth-order valence-corrected chi connectivity index (χ4v) is 11.0. The number of hydrogen-bond acceptors (Lipinski definition) is 0. The van der Waals surface area contributed by atoms with Crippen molar-refractivity contribution in [2.24, 2.45) is 0 Å². The first kappa shape index (κ1) is 31.0. The molecular formula is C57H34. The van der Waals surface area contributed by atoms with Gasteiger partial charge in [-0.1, -0.05) is 194 Å². The van der Waals surface area contributed by atoms with Crippen LogP contribution in [0.15, 0.2) is 206 Å². The third-order valence-electron chi connectivity index (χ3n) is 13.2. The van der Waals surface area contributed by atoms with E-state index in [4.69, 9.17) is 0 Å². The fraction of sp³-hybridized carbons (Fsp3) is 0.0175. The smallest absolute Gasteiger partial charge is 0.0622 e. The van der Waals surface area contributed by atoms with Crippen molar-refractivity contribution < 1.29 is 0 Å². The Kier molecular flexibility index (Phi) is 6.19. The van der Waals surface area contributed by atoms with Crippen LogP contribution in [0.1, 0.15) is 22.3 Å². The van der Waals surface area contributed by atoms with Crippen molar-refractivity contribution in [3.63, 3.8) is 0 Å². The van der Waals surface area contributed by atoms with E-state index in [1.54, 1.807) is 0 Å². The molecule has 0 radical (unpaired) electrons. The Hall–Kier alpha value is -7.28. The van der Waals surface area contributed by atoms with E-state index in [0.29, 0.717) is 0 Å². The second-order valence-corrected chi connectivity index (χ2v) is 15.9. The first-order valence-corrected chi connectivity index (χ1v) is 20.0. The van der Waals surface area contributed by atoms with Crippen molar-refractivity contribution in [1.29, 1.82) is 0 Å². The molecule has 0 atom stereocenters. The van der Waals surface area contributed by atoms with E-state index in [9.17, 15) is 0 Å². The van der Waals surface area contributed by atoms with Gasteiger partial charge in [0.2, 0.25) is 0 Å². The maximum atomic E-state index is 2.55. The molecule has 0 N–H and O–H groups in total. The Morgan fingerprint density at radius 1 is 0.263 bits per heavy atom. The summed E-state index contributed by atoms with van der Waals surface area (Å²) in [4.78, 5) is 0. The molecule has 0 bridgehead atoms. The Bertz CT molecular complexity index is 3500. The van der Waals surface area contributed by atoms with Crippen LogP contribution < -0.4 is 0 Å². The van der Waals surface area contributed by atoms with Gasteiger partial charge in [0.1, 0.15) is 0 Å². The second-order valence-electron chi connectivity index (χ2n) is 15.9. The van der Waals surface area contributed by atoms with Gasteiger partial charge in [0.25, 0.3) is 0 Å². The fourth-order valence-electron chi connectivity index (χ4n) is 11.0. The highest BCUT2D eigenvalue weighted by molar-refractivity contribution is 6.30. The zero-order valence-electron chi connectivity index (χ0n) is 31.1. The number of hydrogen-bond donors (Lipinski definition) is 0. The van der Waals surface area contributed by atoms with Crippen molar-refractivity contribution in [3.05, 3.63) is 229 Å². The van der Waals surface area contributed by atoms with Gasteiger partial charge in [0.15, 0.2) is 0 Å². The maximum Gasteiger partial charge on any atom is 0.0714 e. The molecule has 0 heterocycles. The zero-order valence-corrected chi connectivity index (χ0v) is 31.1. The lowest BCUT2D eigenvalue weighted by Gasteiger charge is -2.34. The number of rotatable bonds is 4. The minimum absolute atomic E-state index is 0.479. The van der Waals surface area contributed by atoms with E-state index in [2.05, 4.69) is 206 Å². The van der Waals surface area contributed by atoms with E-state index in [1.165, 1.54) is 120 Å². The topological polar surface area (TPSA) is 0 Å². The predicted molar refractivity (Wildman–Crippen MR) is 243 cm³/mol. The molecule has 13 rings (SSSR count). The molecular weight excluding hydrogens is 685 g/mol. The average Bonchev–Trinajstić information content (AvgIpc) is 3.59. The van der Waals surface area contributed by atoms with Gasteiger partial charge in [-0.15, -0.1) is 0 Å². The van der Waals surface area contributed by atoms with E-state index in [-0.39, 0.29) is 0 Å². The highest BCUT2D eigenvalue weighted by Gasteiger charge is 2.45. The summed E-state index contributed by atoms with van der Waals surface area (Å²) in [5, 5.41) is 18.2. The lowest BCUT2D eigenvalue weighted by atomic mass is 9.67. The molecule has 12 aromatic rings. The summed E-state index contributed by atoms with van der Waals surface area (Å²) in [6.07, 6.45) is 0. The van der Waals surface area contributed by atoms with Crippen LogP contribution in [0.4, 0.5) is 0 Å². The van der Waals surface area contributed by atoms with Crippen LogP contribution in [0.3, 0.4) is 0 Å². The van der Waals surface area contributed by atoms with Gasteiger partial charge < -0.3 is 0 Å². The summed E-state index contributed by atoms with van der Waals surface area (Å²) in [5.74, 6) is 0. The molecule has 0 amide bonds. The van der Waals surface area contributed by atoms with Crippen LogP contribution in [0.2, 0.25) is 0 Å². The van der Waals surface area contributed by atoms with Crippen LogP contribution in [0.25, 0.3) is 97.7 Å². The predicted octanol–water partition coefficient (Wildman–Crippen LogP) is 15.2. The van der Waals surface area contributed by atoms with Gasteiger partial charge in [0.05, 0.1) is 5.41 Å². The first-order chi connectivity index (χ1) is 28.3. The molecule has 1 aliphatic carbocycles. The Labute approximate surface area is 330 Å². The molecule has 1 aliphatic rings. The van der Waals surface area contributed by atoms with Gasteiger partial charge in [-0.05, 0) is 132 Å². The van der Waals surface area contributed by atoms with Gasteiger partial charge in [-0.3, -0.25) is 0 Å². The quantitative estimate of drug-likeness (QED) is 0.126. The van der Waals surface area contributed by atoms with Crippen molar-refractivity contribution in [3.8, 4) is 22.3 Å². The zero-order chi connectivity index (χ0) is 37.2. The van der Waals surface area contributed by atoms with E-state index in [0.717, 1.165) is 0 Å². The van der Waals surface area contributed by atoms with Crippen LogP contribution in [-0.4, -0.2) is 0 Å². The molecule has 0 aliphatic heterocycles. The second kappa shape index (κ2) is 11.4. The molecule has 0 saturated heterocycles. The van der Waals surface area contributed by atoms with Gasteiger partial charge in [-0.2, -0.15) is 0 Å². The van der Waals surface area contributed by atoms with Crippen molar-refractivity contribution in [1.82, 2.24) is 0 Å². The van der Waals surface area contributed by atoms with E-state index in [1.807, 2.05) is 0 Å². The van der Waals surface area contributed by atoms with Gasteiger partial charge in [-0.25, -0.2) is 0 Å². The normalized spacial score (nSPS) is 13.4. The van der Waals surface area contributed by atoms with Crippen LogP contribution >= 0.6 is 0 Å². The van der Waals surface area contributed by atoms with Gasteiger partial charge >= 0.3 is 0 Å². The Balaban J connectivity index is 1.16. The largest absolute Gasteiger partial charge is 0.0714 e. The SMILES string of the molecule is c1ccc(C2(c3ccccc3)c3cccc4ccc5cc(-c6c7ccccc7c(-c7ccc8ccc9cccc%10ccc7c8c9%10)c7ccccc67)cc2c5c34)cc1. The highest BCUT2D eigenvalue weighted by atomic mass is 14.5. The van der Waals surface area contributed by atoms with E-state index < -0.39 is 5.41 Å². The molecule has 0 unspecified atom stereocenters. The summed E-state index contributed by atoms with van der Waals surface area (Å²) < 4.78 is 0. The van der Waals surface area contributed by atoms with Crippen LogP contribution in [-0.2, 0) is 5.41 Å². The summed E-state index contributed by atoms with van der Waals surface area (Å²) in [5.41, 5.74) is 9.91. The summed E-state index contributed by atoms with van der Waals surface area (Å²) in [7, 11) is 0. The molecule has 0 nitrogen and oxygen atoms in total. The minimum Gasteiger partial charge on any atom is -0.0622 e. The minimum atomic E-state index is -0.479. The average molecular weight is 719 g/mol. The molecule has 0 fully saturated rings. The van der Waals surface area contributed by atoms with Crippen LogP contribution in [0, 0.1) is 0 Å². The van der Waals surface area contributed by atoms with Gasteiger partial charge in [0, 0.05) is 0 Å². The maximum absolute atomic E-state index is 2.55. The number of benzene rings is 12. The summed E-state index contributed by atoms with van der Waals surface area (Å²) in [6, 6.07) is 77.8. The molecule has 12 aromatic carbocycles. The Morgan fingerprint density at radius 3 is 1.37 bits per heavy atom. The standard InChI is InChI=1S/C57H34/c1-3-16-41(17-4-1)57(42-18-5-2-6-19-42)49-24-12-15-37-27-28-39-33-40(34-50(57)55(39)54(37)49)52-43-20-7-9-22-45(43)56(46-23-10-8-21-44(46)52)48-32-30-38-26-25-35-13-11-14-36-29-31-47(48)53(38)51(35)36/h1-34H. The monoisotopic (exact) mass is 718 g/mol. The Morgan fingerprint density at radius 2 is 0.737 bits per heavy atom. The molecule has 0 spiro atoms. The summed E-state index contributed by atoms with van der Waals surface area (Å²) >= 11 is 0. The third kappa shape index (κ3) is 4.02. The molecule has 262 valence electrons. The first-order valence-electron chi connectivity index (χ1n) is 20.0. The highest BCUT2D eigenvalue weighted by Crippen LogP contribution is 2.57. The lowest BCUT2D eigenvalue weighted by molar-refractivity contribution is 0.772. The van der Waals surface area contributed by atoms with Crippen molar-refractivity contribution in [2.45, 2.75) is 5.41 Å². The van der Waals surface area contributed by atoms with Crippen LogP contribution in [0.5, 0.6) is 0 Å².